The van der Waals surface area contributed by atoms with Crippen molar-refractivity contribution in [2.75, 3.05) is 12.0 Å². The Hall–Kier alpha value is -2.42. The third kappa shape index (κ3) is 10.5. The maximum Gasteiger partial charge on any atom is 0.408 e. The molecule has 3 unspecified atom stereocenters. The number of rotatable bonds is 13. The summed E-state index contributed by atoms with van der Waals surface area (Å²) in [5.74, 6) is -0.0755. The Morgan fingerprint density at radius 3 is 2.24 bits per heavy atom. The van der Waals surface area contributed by atoms with Gasteiger partial charge in [-0.1, -0.05) is 32.4 Å². The van der Waals surface area contributed by atoms with Gasteiger partial charge in [0.2, 0.25) is 11.8 Å². The first-order chi connectivity index (χ1) is 17.2. The molecule has 0 radical (unpaired) electrons. The number of phenolic OH excluding ortho intramolecular Hbond substituents is 1. The largest absolute Gasteiger partial charge is 0.508 e. The number of benzene rings is 1. The summed E-state index contributed by atoms with van der Waals surface area (Å²) in [6, 6.07) is 4.44. The van der Waals surface area contributed by atoms with Crippen molar-refractivity contribution in [3.8, 4) is 5.75 Å². The predicted octanol–water partition coefficient (Wildman–Crippen LogP) is 5.40. The molecule has 0 saturated heterocycles. The van der Waals surface area contributed by atoms with E-state index in [1.54, 1.807) is 49.6 Å². The van der Waals surface area contributed by atoms with Crippen LogP contribution in [-0.4, -0.2) is 63.1 Å². The normalized spacial score (nSPS) is 14.3. The molecule has 0 aliphatic heterocycles. The van der Waals surface area contributed by atoms with Crippen molar-refractivity contribution >= 4 is 29.7 Å². The minimum Gasteiger partial charge on any atom is -0.508 e. The molecule has 1 aromatic carbocycles. The number of carbonyl (C=O) groups excluding carboxylic acids is 3. The summed E-state index contributed by atoms with van der Waals surface area (Å²) in [6.45, 7) is 15.0. The highest BCUT2D eigenvalue weighted by Crippen LogP contribution is 2.34. The molecule has 0 heterocycles. The average molecular weight is 538 g/mol. The van der Waals surface area contributed by atoms with E-state index in [1.807, 2.05) is 40.9 Å². The van der Waals surface area contributed by atoms with E-state index >= 15 is 0 Å². The van der Waals surface area contributed by atoms with Crippen LogP contribution in [0.25, 0.3) is 0 Å². The van der Waals surface area contributed by atoms with Gasteiger partial charge >= 0.3 is 6.09 Å². The number of nitrogens with zero attached hydrogens (tertiary/aromatic N) is 1. The topological polar surface area (TPSA) is 108 Å². The SMILES string of the molecule is CCCC(C)NC(=O)C(c1cccc(O)c1)N(C(=O)C(CCSC)NC(=O)OC(C)(C)C)C(C)(C)CC. The van der Waals surface area contributed by atoms with Crippen LogP contribution in [0.15, 0.2) is 24.3 Å². The minimum atomic E-state index is -1.01. The van der Waals surface area contributed by atoms with Crippen LogP contribution in [0.1, 0.15) is 92.7 Å². The molecule has 1 aromatic rings. The Morgan fingerprint density at radius 2 is 1.73 bits per heavy atom. The summed E-state index contributed by atoms with van der Waals surface area (Å²) < 4.78 is 5.44. The van der Waals surface area contributed by atoms with Gasteiger partial charge in [0.1, 0.15) is 23.4 Å². The number of hydrogen-bond donors (Lipinski definition) is 3. The van der Waals surface area contributed by atoms with Gasteiger partial charge < -0.3 is 25.4 Å². The van der Waals surface area contributed by atoms with E-state index in [1.165, 1.54) is 12.1 Å². The van der Waals surface area contributed by atoms with Gasteiger partial charge in [-0.15, -0.1) is 0 Å². The van der Waals surface area contributed by atoms with Gasteiger partial charge in [-0.2, -0.15) is 11.8 Å². The van der Waals surface area contributed by atoms with Gasteiger partial charge in [0, 0.05) is 11.6 Å². The predicted molar refractivity (Wildman–Crippen MR) is 151 cm³/mol. The van der Waals surface area contributed by atoms with Crippen molar-refractivity contribution in [3.05, 3.63) is 29.8 Å². The standard InChI is InChI=1S/C28H47N3O5S/c1-10-13-19(3)29-24(33)23(20-14-12-15-21(32)18-20)31(28(7,8)11-2)25(34)22(16-17-37-9)30-26(35)36-27(4,5)6/h12,14-15,18-19,22-23,32H,10-11,13,16-17H2,1-9H3,(H,29,33)(H,30,35). The van der Waals surface area contributed by atoms with Crippen LogP contribution in [0, 0.1) is 0 Å². The molecule has 0 aliphatic rings. The lowest BCUT2D eigenvalue weighted by Gasteiger charge is -2.45. The summed E-state index contributed by atoms with van der Waals surface area (Å²) in [7, 11) is 0. The highest BCUT2D eigenvalue weighted by molar-refractivity contribution is 7.98. The fraction of sp³-hybridized carbons (Fsp3) is 0.679. The lowest BCUT2D eigenvalue weighted by atomic mass is 9.91. The summed E-state index contributed by atoms with van der Waals surface area (Å²) in [4.78, 5) is 42.3. The van der Waals surface area contributed by atoms with Gasteiger partial charge in [0.25, 0.3) is 0 Å². The van der Waals surface area contributed by atoms with Crippen molar-refractivity contribution in [3.63, 3.8) is 0 Å². The number of ether oxygens (including phenoxy) is 1. The Morgan fingerprint density at radius 1 is 1.08 bits per heavy atom. The summed E-state index contributed by atoms with van der Waals surface area (Å²) in [5, 5.41) is 16.0. The van der Waals surface area contributed by atoms with E-state index < -0.39 is 29.3 Å². The first-order valence-corrected chi connectivity index (χ1v) is 14.5. The van der Waals surface area contributed by atoms with Gasteiger partial charge in [-0.3, -0.25) is 9.59 Å². The molecule has 3 amide bonds. The van der Waals surface area contributed by atoms with Crippen molar-refractivity contribution in [2.45, 2.75) is 110 Å². The molecular weight excluding hydrogens is 490 g/mol. The molecule has 0 spiro atoms. The number of hydrogen-bond acceptors (Lipinski definition) is 6. The monoisotopic (exact) mass is 537 g/mol. The highest BCUT2D eigenvalue weighted by atomic mass is 32.2. The van der Waals surface area contributed by atoms with E-state index in [-0.39, 0.29) is 23.6 Å². The van der Waals surface area contributed by atoms with Gasteiger partial charge in [0.15, 0.2) is 0 Å². The van der Waals surface area contributed by atoms with Gasteiger partial charge in [0.05, 0.1) is 0 Å². The van der Waals surface area contributed by atoms with E-state index in [0.717, 1.165) is 12.8 Å². The van der Waals surface area contributed by atoms with Crippen LogP contribution in [0.5, 0.6) is 5.75 Å². The molecule has 8 nitrogen and oxygen atoms in total. The lowest BCUT2D eigenvalue weighted by Crippen LogP contribution is -2.59. The molecule has 3 atom stereocenters. The molecule has 0 bridgehead atoms. The molecule has 1 rings (SSSR count). The molecule has 0 aromatic heterocycles. The van der Waals surface area contributed by atoms with E-state index in [4.69, 9.17) is 4.74 Å². The van der Waals surface area contributed by atoms with Crippen molar-refractivity contribution in [1.29, 1.82) is 0 Å². The molecule has 37 heavy (non-hydrogen) atoms. The summed E-state index contributed by atoms with van der Waals surface area (Å²) >= 11 is 1.56. The summed E-state index contributed by atoms with van der Waals surface area (Å²) in [6.07, 6.45) is 3.87. The molecule has 210 valence electrons. The molecule has 0 saturated carbocycles. The van der Waals surface area contributed by atoms with Crippen LogP contribution in [0.3, 0.4) is 0 Å². The number of amides is 3. The van der Waals surface area contributed by atoms with E-state index in [2.05, 4.69) is 10.6 Å². The van der Waals surface area contributed by atoms with Crippen LogP contribution in [0.4, 0.5) is 4.79 Å². The minimum absolute atomic E-state index is 0.00410. The smallest absolute Gasteiger partial charge is 0.408 e. The number of alkyl carbamates (subject to hydrolysis) is 1. The molecular formula is C28H47N3O5S. The highest BCUT2D eigenvalue weighted by Gasteiger charge is 2.43. The first-order valence-electron chi connectivity index (χ1n) is 13.1. The van der Waals surface area contributed by atoms with Gasteiger partial charge in [-0.05, 0) is 90.5 Å². The number of nitrogens with one attached hydrogen (secondary N) is 2. The summed E-state index contributed by atoms with van der Waals surface area (Å²) in [5.41, 5.74) is -0.970. The zero-order chi connectivity index (χ0) is 28.4. The zero-order valence-electron chi connectivity index (χ0n) is 24.0. The van der Waals surface area contributed by atoms with Crippen LogP contribution in [0.2, 0.25) is 0 Å². The quantitative estimate of drug-likeness (QED) is 0.311. The zero-order valence-corrected chi connectivity index (χ0v) is 24.8. The third-order valence-corrected chi connectivity index (χ3v) is 6.80. The van der Waals surface area contributed by atoms with Gasteiger partial charge in [-0.25, -0.2) is 4.79 Å². The molecule has 3 N–H and O–H groups in total. The van der Waals surface area contributed by atoms with Crippen LogP contribution < -0.4 is 10.6 Å². The average Bonchev–Trinajstić information content (AvgIpc) is 2.78. The Labute approximate surface area is 227 Å². The van der Waals surface area contributed by atoms with Crippen LogP contribution >= 0.6 is 11.8 Å². The first kappa shape index (κ1) is 32.6. The number of phenols is 1. The fourth-order valence-electron chi connectivity index (χ4n) is 4.00. The van der Waals surface area contributed by atoms with E-state index in [0.29, 0.717) is 24.2 Å². The second-order valence-corrected chi connectivity index (χ2v) is 12.0. The Bertz CT molecular complexity index is 900. The van der Waals surface area contributed by atoms with Crippen LogP contribution in [-0.2, 0) is 14.3 Å². The fourth-order valence-corrected chi connectivity index (χ4v) is 4.47. The Balaban J connectivity index is 3.61. The van der Waals surface area contributed by atoms with Crippen molar-refractivity contribution in [2.24, 2.45) is 0 Å². The lowest BCUT2D eigenvalue weighted by molar-refractivity contribution is -0.149. The second kappa shape index (κ2) is 14.5. The van der Waals surface area contributed by atoms with E-state index in [9.17, 15) is 19.5 Å². The molecule has 0 aliphatic carbocycles. The number of carbonyl (C=O) groups is 3. The number of aromatic hydroxyl groups is 1. The third-order valence-electron chi connectivity index (χ3n) is 6.16. The number of thioether (sulfide) groups is 1. The second-order valence-electron chi connectivity index (χ2n) is 11.1. The van der Waals surface area contributed by atoms with Crippen molar-refractivity contribution < 1.29 is 24.2 Å². The van der Waals surface area contributed by atoms with Crippen molar-refractivity contribution in [1.82, 2.24) is 15.5 Å². The molecule has 0 fully saturated rings. The maximum absolute atomic E-state index is 14.3. The molecule has 9 heteroatoms. The maximum atomic E-state index is 14.3. The Kier molecular flexibility index (Phi) is 12.8.